The summed E-state index contributed by atoms with van der Waals surface area (Å²) in [7, 11) is 0. The molecule has 1 aliphatic rings. The van der Waals surface area contributed by atoms with Crippen LogP contribution in [0.25, 0.3) is 11.3 Å². The Bertz CT molecular complexity index is 878. The van der Waals surface area contributed by atoms with Crippen LogP contribution in [-0.2, 0) is 0 Å². The van der Waals surface area contributed by atoms with Crippen LogP contribution in [0.2, 0.25) is 0 Å². The molecule has 0 fully saturated rings. The van der Waals surface area contributed by atoms with Crippen LogP contribution in [0.5, 0.6) is 0 Å². The fourth-order valence-corrected chi connectivity index (χ4v) is 4.19. The van der Waals surface area contributed by atoms with Crippen LogP contribution in [0.4, 0.5) is 0 Å². The summed E-state index contributed by atoms with van der Waals surface area (Å²) in [5, 5.41) is 9.52. The fourth-order valence-electron chi connectivity index (χ4n) is 3.36. The fraction of sp³-hybridized carbons (Fsp3) is 0.263. The average molecular weight is 337 g/mol. The van der Waals surface area contributed by atoms with Crippen LogP contribution in [0.15, 0.2) is 41.8 Å². The van der Waals surface area contributed by atoms with Crippen molar-refractivity contribution < 1.29 is 4.79 Å². The molecule has 0 radical (unpaired) electrons. The molecule has 3 heterocycles. The van der Waals surface area contributed by atoms with Gasteiger partial charge in [0.2, 0.25) is 0 Å². The van der Waals surface area contributed by atoms with E-state index >= 15 is 0 Å². The molecule has 1 amide bonds. The zero-order chi connectivity index (χ0) is 16.8. The minimum atomic E-state index is -0.0671. The highest BCUT2D eigenvalue weighted by Gasteiger charge is 2.43. The molecule has 5 heteroatoms. The lowest BCUT2D eigenvalue weighted by atomic mass is 10.00. The highest BCUT2D eigenvalue weighted by Crippen LogP contribution is 2.44. The Morgan fingerprint density at radius 2 is 1.96 bits per heavy atom. The summed E-state index contributed by atoms with van der Waals surface area (Å²) in [6, 6.07) is 12.5. The number of aromatic amines is 1. The third-order valence-electron chi connectivity index (χ3n) is 4.50. The van der Waals surface area contributed by atoms with Gasteiger partial charge in [0.15, 0.2) is 0 Å². The molecule has 1 unspecified atom stereocenters. The number of rotatable bonds is 3. The number of aryl methyl sites for hydroxylation is 1. The lowest BCUT2D eigenvalue weighted by Crippen LogP contribution is -2.35. The van der Waals surface area contributed by atoms with Crippen molar-refractivity contribution >= 4 is 17.2 Å². The standard InChI is InChI=1S/C19H19N3OS/c1-11(2)22-18(14-5-4-10-24-14)15-16(20-21-17(15)19(22)23)13-8-6-12(3)7-9-13/h4-11,18H,1-3H3,(H,20,21). The van der Waals surface area contributed by atoms with Crippen LogP contribution in [0.1, 0.15) is 46.4 Å². The predicted molar refractivity (Wildman–Crippen MR) is 96.2 cm³/mol. The van der Waals surface area contributed by atoms with Crippen LogP contribution >= 0.6 is 11.3 Å². The molecule has 1 aliphatic heterocycles. The van der Waals surface area contributed by atoms with Gasteiger partial charge in [-0.05, 0) is 32.2 Å². The summed E-state index contributed by atoms with van der Waals surface area (Å²) in [6.07, 6.45) is 0. The van der Waals surface area contributed by atoms with E-state index in [4.69, 9.17) is 0 Å². The third-order valence-corrected chi connectivity index (χ3v) is 5.42. The first-order chi connectivity index (χ1) is 11.6. The highest BCUT2D eigenvalue weighted by molar-refractivity contribution is 7.10. The molecule has 0 spiro atoms. The molecule has 24 heavy (non-hydrogen) atoms. The summed E-state index contributed by atoms with van der Waals surface area (Å²) >= 11 is 1.68. The molecule has 1 atom stereocenters. The molecule has 1 aromatic carbocycles. The zero-order valence-corrected chi connectivity index (χ0v) is 14.7. The van der Waals surface area contributed by atoms with Crippen LogP contribution in [-0.4, -0.2) is 27.0 Å². The molecule has 0 aliphatic carbocycles. The van der Waals surface area contributed by atoms with E-state index in [1.54, 1.807) is 11.3 Å². The normalized spacial score (nSPS) is 16.9. The third kappa shape index (κ3) is 2.19. The molecule has 0 saturated carbocycles. The van der Waals surface area contributed by atoms with Crippen molar-refractivity contribution in [1.29, 1.82) is 0 Å². The number of amides is 1. The van der Waals surface area contributed by atoms with Gasteiger partial charge in [0.1, 0.15) is 5.69 Å². The molecule has 3 aromatic rings. The van der Waals surface area contributed by atoms with Crippen LogP contribution in [0, 0.1) is 6.92 Å². The Kier molecular flexibility index (Phi) is 3.53. The maximum Gasteiger partial charge on any atom is 0.273 e. The molecule has 2 aromatic heterocycles. The first-order valence-corrected chi connectivity index (χ1v) is 8.97. The molecule has 4 nitrogen and oxygen atoms in total. The summed E-state index contributed by atoms with van der Waals surface area (Å²) in [5.41, 5.74) is 4.75. The largest absolute Gasteiger partial charge is 0.323 e. The first kappa shape index (κ1) is 15.1. The highest BCUT2D eigenvalue weighted by atomic mass is 32.1. The van der Waals surface area contributed by atoms with E-state index in [1.807, 2.05) is 11.0 Å². The number of carbonyl (C=O) groups is 1. The molecular formula is C19H19N3OS. The lowest BCUT2D eigenvalue weighted by molar-refractivity contribution is 0.0690. The molecule has 1 N–H and O–H groups in total. The quantitative estimate of drug-likeness (QED) is 0.770. The van der Waals surface area contributed by atoms with Gasteiger partial charge in [-0.25, -0.2) is 0 Å². The van der Waals surface area contributed by atoms with Gasteiger partial charge in [-0.1, -0.05) is 35.9 Å². The van der Waals surface area contributed by atoms with Crippen molar-refractivity contribution in [2.24, 2.45) is 0 Å². The molecule has 122 valence electrons. The second kappa shape index (κ2) is 5.60. The van der Waals surface area contributed by atoms with Crippen molar-refractivity contribution in [1.82, 2.24) is 15.1 Å². The summed E-state index contributed by atoms with van der Waals surface area (Å²) < 4.78 is 0. The predicted octanol–water partition coefficient (Wildman–Crippen LogP) is 4.40. The number of nitrogens with one attached hydrogen (secondary N) is 1. The SMILES string of the molecule is Cc1ccc(-c2n[nH]c3c2C(c2cccs2)N(C(C)C)C3=O)cc1. The first-order valence-electron chi connectivity index (χ1n) is 8.09. The van der Waals surface area contributed by atoms with Gasteiger partial charge in [0.05, 0.1) is 11.7 Å². The van der Waals surface area contributed by atoms with Crippen molar-refractivity contribution in [3.05, 3.63) is 63.5 Å². The summed E-state index contributed by atoms with van der Waals surface area (Å²) in [5.74, 6) is 0.0317. The molecule has 4 rings (SSSR count). The summed E-state index contributed by atoms with van der Waals surface area (Å²) in [4.78, 5) is 16.0. The number of H-pyrrole nitrogens is 1. The van der Waals surface area contributed by atoms with Crippen molar-refractivity contribution in [2.45, 2.75) is 32.9 Å². The Morgan fingerprint density at radius 1 is 1.21 bits per heavy atom. The number of hydrogen-bond acceptors (Lipinski definition) is 3. The number of nitrogens with zero attached hydrogens (tertiary/aromatic N) is 2. The van der Waals surface area contributed by atoms with Crippen molar-refractivity contribution in [3.63, 3.8) is 0 Å². The molecular weight excluding hydrogens is 318 g/mol. The van der Waals surface area contributed by atoms with E-state index in [2.05, 4.69) is 66.7 Å². The van der Waals surface area contributed by atoms with Crippen molar-refractivity contribution in [3.8, 4) is 11.3 Å². The summed E-state index contributed by atoms with van der Waals surface area (Å²) in [6.45, 7) is 6.18. The van der Waals surface area contributed by atoms with E-state index in [1.165, 1.54) is 10.4 Å². The van der Waals surface area contributed by atoms with E-state index in [0.717, 1.165) is 16.8 Å². The van der Waals surface area contributed by atoms with Gasteiger partial charge in [0, 0.05) is 22.0 Å². The van der Waals surface area contributed by atoms with Gasteiger partial charge in [-0.2, -0.15) is 5.10 Å². The van der Waals surface area contributed by atoms with E-state index in [9.17, 15) is 4.79 Å². The van der Waals surface area contributed by atoms with Gasteiger partial charge in [-0.3, -0.25) is 9.89 Å². The number of aromatic nitrogens is 2. The topological polar surface area (TPSA) is 49.0 Å². The van der Waals surface area contributed by atoms with E-state index < -0.39 is 0 Å². The van der Waals surface area contributed by atoms with Gasteiger partial charge < -0.3 is 4.90 Å². The number of hydrogen-bond donors (Lipinski definition) is 1. The Balaban J connectivity index is 1.91. The van der Waals surface area contributed by atoms with Crippen LogP contribution in [0.3, 0.4) is 0 Å². The maximum atomic E-state index is 12.9. The Morgan fingerprint density at radius 3 is 2.58 bits per heavy atom. The zero-order valence-electron chi connectivity index (χ0n) is 13.9. The molecule has 0 saturated heterocycles. The number of thiophene rings is 1. The van der Waals surface area contributed by atoms with E-state index in [0.29, 0.717) is 5.69 Å². The Hall–Kier alpha value is -2.40. The Labute approximate surface area is 145 Å². The number of benzene rings is 1. The van der Waals surface area contributed by atoms with Crippen molar-refractivity contribution in [2.75, 3.05) is 0 Å². The van der Waals surface area contributed by atoms with Gasteiger partial charge >= 0.3 is 0 Å². The van der Waals surface area contributed by atoms with E-state index in [-0.39, 0.29) is 18.0 Å². The smallest absolute Gasteiger partial charge is 0.273 e. The van der Waals surface area contributed by atoms with Crippen LogP contribution < -0.4 is 0 Å². The number of fused-ring (bicyclic) bond motifs is 1. The second-order valence-electron chi connectivity index (χ2n) is 6.45. The van der Waals surface area contributed by atoms with Gasteiger partial charge in [0.25, 0.3) is 5.91 Å². The molecule has 0 bridgehead atoms. The second-order valence-corrected chi connectivity index (χ2v) is 7.43. The monoisotopic (exact) mass is 337 g/mol. The maximum absolute atomic E-state index is 12.9. The average Bonchev–Trinajstić information content (AvgIpc) is 3.26. The minimum absolute atomic E-state index is 0.0317. The lowest BCUT2D eigenvalue weighted by Gasteiger charge is -2.28. The minimum Gasteiger partial charge on any atom is -0.323 e. The number of carbonyl (C=O) groups excluding carboxylic acids is 1. The van der Waals surface area contributed by atoms with Gasteiger partial charge in [-0.15, -0.1) is 11.3 Å².